The van der Waals surface area contributed by atoms with Gasteiger partial charge in [0.05, 0.1) is 44.0 Å². The minimum Gasteiger partial charge on any atom is -0.462 e. The van der Waals surface area contributed by atoms with Crippen molar-refractivity contribution in [3.63, 3.8) is 0 Å². The third-order valence-corrected chi connectivity index (χ3v) is 7.39. The number of hydrogen-bond acceptors (Lipinski definition) is 10. The van der Waals surface area contributed by atoms with Gasteiger partial charge in [-0.15, -0.1) is 0 Å². The zero-order valence-corrected chi connectivity index (χ0v) is 21.5. The number of anilines is 1. The number of benzene rings is 1. The quantitative estimate of drug-likeness (QED) is 0.240. The SMILES string of the molecule is CC(C)OC(=O)CNP(OS(=O)CCOC(C)Cn1cnc2c(N)ncnc21)c1ccccc1.O. The van der Waals surface area contributed by atoms with E-state index < -0.39 is 25.3 Å². The summed E-state index contributed by atoms with van der Waals surface area (Å²) in [6, 6.07) is 9.30. The summed E-state index contributed by atoms with van der Waals surface area (Å²) in [5.41, 5.74) is 6.99. The van der Waals surface area contributed by atoms with E-state index in [4.69, 9.17) is 19.2 Å². The summed E-state index contributed by atoms with van der Waals surface area (Å²) >= 11 is -1.62. The topological polar surface area (TPSA) is 175 Å². The van der Waals surface area contributed by atoms with E-state index in [9.17, 15) is 9.00 Å². The Balaban J connectivity index is 0.00000432. The molecule has 0 saturated carbocycles. The Morgan fingerprint density at radius 3 is 2.66 bits per heavy atom. The summed E-state index contributed by atoms with van der Waals surface area (Å²) in [4.78, 5) is 24.3. The molecule has 0 radical (unpaired) electrons. The number of rotatable bonds is 13. The molecule has 1 aromatic carbocycles. The third-order valence-electron chi connectivity index (χ3n) is 4.42. The molecule has 192 valence electrons. The van der Waals surface area contributed by atoms with Crippen LogP contribution in [0.2, 0.25) is 0 Å². The van der Waals surface area contributed by atoms with Crippen molar-refractivity contribution in [1.29, 1.82) is 0 Å². The van der Waals surface area contributed by atoms with Crippen molar-refractivity contribution < 1.29 is 27.9 Å². The van der Waals surface area contributed by atoms with Crippen molar-refractivity contribution in [2.45, 2.75) is 39.5 Å². The van der Waals surface area contributed by atoms with Crippen LogP contribution in [-0.2, 0) is 35.9 Å². The highest BCUT2D eigenvalue weighted by molar-refractivity contribution is 7.86. The monoisotopic (exact) mass is 526 g/mol. The van der Waals surface area contributed by atoms with Crippen molar-refractivity contribution in [2.75, 3.05) is 24.6 Å². The number of nitrogens with zero attached hydrogens (tertiary/aromatic N) is 4. The van der Waals surface area contributed by atoms with Gasteiger partial charge in [0, 0.05) is 5.30 Å². The highest BCUT2D eigenvalue weighted by Gasteiger charge is 2.19. The number of hydrogen-bond donors (Lipinski definition) is 2. The lowest BCUT2D eigenvalue weighted by Crippen LogP contribution is -2.27. The standard InChI is InChI=1S/C21H29N6O5PS.H2O/c1-15(2)31-18(28)11-26-33(17-7-5-4-6-8-17)32-34(29)10-9-30-16(3)12-27-14-25-19-20(22)23-13-24-21(19)27;/h4-8,13-16,26H,9-12H2,1-3H3,(H2,22,23,24);1H2. The van der Waals surface area contributed by atoms with Gasteiger partial charge in [0.25, 0.3) is 0 Å². The maximum Gasteiger partial charge on any atom is 0.320 e. The second-order valence-corrected chi connectivity index (χ2v) is 10.6. The van der Waals surface area contributed by atoms with Crippen LogP contribution < -0.4 is 16.1 Å². The first-order valence-corrected chi connectivity index (χ1v) is 13.2. The van der Waals surface area contributed by atoms with Crippen molar-refractivity contribution in [3.8, 4) is 0 Å². The first kappa shape index (κ1) is 28.7. The number of esters is 1. The summed E-state index contributed by atoms with van der Waals surface area (Å²) < 4.78 is 31.1. The number of aromatic nitrogens is 4. The van der Waals surface area contributed by atoms with Gasteiger partial charge in [-0.2, -0.15) is 0 Å². The lowest BCUT2D eigenvalue weighted by atomic mass is 10.4. The van der Waals surface area contributed by atoms with Gasteiger partial charge in [-0.3, -0.25) is 9.88 Å². The average molecular weight is 527 g/mol. The fraction of sp³-hybridized carbons (Fsp3) is 0.429. The lowest BCUT2D eigenvalue weighted by Gasteiger charge is -2.19. The van der Waals surface area contributed by atoms with E-state index in [-0.39, 0.29) is 36.6 Å². The summed E-state index contributed by atoms with van der Waals surface area (Å²) in [6.07, 6.45) is 2.63. The number of fused-ring (bicyclic) bond motifs is 1. The molecule has 0 aliphatic carbocycles. The first-order chi connectivity index (χ1) is 16.3. The molecule has 3 aromatic rings. The largest absolute Gasteiger partial charge is 0.462 e. The van der Waals surface area contributed by atoms with Gasteiger partial charge < -0.3 is 25.3 Å². The normalized spacial score (nSPS) is 13.8. The van der Waals surface area contributed by atoms with Crippen LogP contribution in [0, 0.1) is 0 Å². The molecule has 3 rings (SSSR count). The van der Waals surface area contributed by atoms with Crippen LogP contribution in [0.4, 0.5) is 5.82 Å². The number of nitrogens with one attached hydrogen (secondary N) is 1. The van der Waals surface area contributed by atoms with E-state index in [1.165, 1.54) is 6.33 Å². The molecular weight excluding hydrogens is 495 g/mol. The Bertz CT molecular complexity index is 1100. The summed E-state index contributed by atoms with van der Waals surface area (Å²) in [5, 5.41) is 3.84. The molecule has 12 nitrogen and oxygen atoms in total. The van der Waals surface area contributed by atoms with Crippen LogP contribution in [-0.4, -0.2) is 66.3 Å². The predicted molar refractivity (Wildman–Crippen MR) is 135 cm³/mol. The number of ether oxygens (including phenoxy) is 2. The minimum atomic E-state index is -1.62. The Kier molecular flexibility index (Phi) is 11.6. The molecule has 3 unspecified atom stereocenters. The van der Waals surface area contributed by atoms with Crippen LogP contribution in [0.25, 0.3) is 11.2 Å². The van der Waals surface area contributed by atoms with Crippen molar-refractivity contribution >= 4 is 47.6 Å². The highest BCUT2D eigenvalue weighted by Crippen LogP contribution is 2.32. The fourth-order valence-corrected chi connectivity index (χ4v) is 5.61. The zero-order chi connectivity index (χ0) is 24.5. The zero-order valence-electron chi connectivity index (χ0n) is 19.8. The Morgan fingerprint density at radius 1 is 1.20 bits per heavy atom. The molecule has 5 N–H and O–H groups in total. The van der Waals surface area contributed by atoms with E-state index in [2.05, 4.69) is 20.0 Å². The van der Waals surface area contributed by atoms with E-state index in [0.717, 1.165) is 5.30 Å². The van der Waals surface area contributed by atoms with E-state index in [1.54, 1.807) is 20.2 Å². The number of carbonyl (C=O) groups excluding carboxylic acids is 1. The molecule has 0 aliphatic rings. The van der Waals surface area contributed by atoms with Gasteiger partial charge >= 0.3 is 5.97 Å². The number of nitrogen functional groups attached to an aromatic ring is 1. The predicted octanol–water partition coefficient (Wildman–Crippen LogP) is 0.848. The fourth-order valence-electron chi connectivity index (χ4n) is 2.96. The van der Waals surface area contributed by atoms with Crippen molar-refractivity contribution in [1.82, 2.24) is 24.6 Å². The minimum absolute atomic E-state index is 0. The van der Waals surface area contributed by atoms with Crippen LogP contribution in [0.3, 0.4) is 0 Å². The van der Waals surface area contributed by atoms with Gasteiger partial charge in [0.2, 0.25) is 0 Å². The molecule has 0 fully saturated rings. The summed E-state index contributed by atoms with van der Waals surface area (Å²) in [7, 11) is -1.49. The van der Waals surface area contributed by atoms with Crippen LogP contribution in [0.1, 0.15) is 20.8 Å². The van der Waals surface area contributed by atoms with E-state index >= 15 is 0 Å². The Morgan fingerprint density at radius 2 is 1.94 bits per heavy atom. The van der Waals surface area contributed by atoms with Gasteiger partial charge in [0.15, 0.2) is 30.8 Å². The summed E-state index contributed by atoms with van der Waals surface area (Å²) in [6.45, 7) is 6.14. The number of nitrogens with two attached hydrogens (primary N) is 1. The van der Waals surface area contributed by atoms with Crippen molar-refractivity contribution in [3.05, 3.63) is 43.0 Å². The van der Waals surface area contributed by atoms with Gasteiger partial charge in [-0.05, 0) is 20.8 Å². The first-order valence-electron chi connectivity index (χ1n) is 10.7. The van der Waals surface area contributed by atoms with Crippen LogP contribution >= 0.6 is 8.30 Å². The van der Waals surface area contributed by atoms with Gasteiger partial charge in [-0.25, -0.2) is 23.1 Å². The molecule has 0 saturated heterocycles. The molecule has 0 spiro atoms. The van der Waals surface area contributed by atoms with Gasteiger partial charge in [-0.1, -0.05) is 30.3 Å². The molecule has 0 amide bonds. The average Bonchev–Trinajstić information content (AvgIpc) is 3.20. The van der Waals surface area contributed by atoms with Crippen molar-refractivity contribution in [2.24, 2.45) is 0 Å². The van der Waals surface area contributed by atoms with E-state index in [0.29, 0.717) is 23.5 Å². The third kappa shape index (κ3) is 8.88. The van der Waals surface area contributed by atoms with Crippen LogP contribution in [0.15, 0.2) is 43.0 Å². The Hall–Kier alpha value is -2.54. The van der Waals surface area contributed by atoms with E-state index in [1.807, 2.05) is 41.8 Å². The molecule has 2 aromatic heterocycles. The maximum absolute atomic E-state index is 12.6. The molecule has 0 bridgehead atoms. The number of imidazole rings is 1. The Labute approximate surface area is 207 Å². The second-order valence-electron chi connectivity index (χ2n) is 7.60. The van der Waals surface area contributed by atoms with Gasteiger partial charge in [0.1, 0.15) is 11.8 Å². The maximum atomic E-state index is 12.6. The molecule has 2 heterocycles. The molecule has 3 atom stereocenters. The molecular formula is C21H31N6O6PS. The molecule has 35 heavy (non-hydrogen) atoms. The molecule has 0 aliphatic heterocycles. The molecule has 14 heteroatoms. The number of carbonyl (C=O) groups is 1. The van der Waals surface area contributed by atoms with Crippen LogP contribution in [0.5, 0.6) is 0 Å². The highest BCUT2D eigenvalue weighted by atomic mass is 32.2. The lowest BCUT2D eigenvalue weighted by molar-refractivity contribution is -0.145. The summed E-state index contributed by atoms with van der Waals surface area (Å²) in [5.74, 6) is 0.100. The smallest absolute Gasteiger partial charge is 0.320 e. The second kappa shape index (κ2) is 14.1.